The number of carbonyl (C=O) groups is 1. The molecule has 1 aliphatic rings. The van der Waals surface area contributed by atoms with Crippen LogP contribution in [0.25, 0.3) is 0 Å². The van der Waals surface area contributed by atoms with Crippen molar-refractivity contribution in [3.05, 3.63) is 23.3 Å². The Morgan fingerprint density at radius 2 is 2.20 bits per heavy atom. The number of aryl methyl sites for hydroxylation is 1. The van der Waals surface area contributed by atoms with E-state index in [-0.39, 0.29) is 6.10 Å². The maximum Gasteiger partial charge on any atom is 0.340 e. The molecule has 3 N–H and O–H groups in total. The Kier molecular flexibility index (Phi) is 4.18. The second kappa shape index (κ2) is 5.71. The first-order valence-corrected chi connectivity index (χ1v) is 6.85. The molecule has 0 aliphatic carbocycles. The van der Waals surface area contributed by atoms with E-state index in [9.17, 15) is 9.90 Å². The lowest BCUT2D eigenvalue weighted by molar-refractivity contribution is 0.0602. The third-order valence-electron chi connectivity index (χ3n) is 4.06. The molecule has 0 radical (unpaired) electrons. The van der Waals surface area contributed by atoms with E-state index in [2.05, 4.69) is 11.8 Å². The van der Waals surface area contributed by atoms with E-state index in [1.807, 2.05) is 13.0 Å². The molecule has 1 fully saturated rings. The average molecular weight is 278 g/mol. The van der Waals surface area contributed by atoms with Gasteiger partial charge in [0.15, 0.2) is 0 Å². The number of β-amino-alcohol motifs (C(OH)–C–C–N with tert-alkyl or cyclic N) is 1. The summed E-state index contributed by atoms with van der Waals surface area (Å²) >= 11 is 0. The first-order chi connectivity index (χ1) is 9.43. The Morgan fingerprint density at radius 1 is 1.50 bits per heavy atom. The number of anilines is 2. The van der Waals surface area contributed by atoms with Gasteiger partial charge in [0.25, 0.3) is 0 Å². The Hall–Kier alpha value is -1.75. The van der Waals surface area contributed by atoms with Gasteiger partial charge in [-0.2, -0.15) is 0 Å². The number of piperidine rings is 1. The molecule has 0 aromatic heterocycles. The molecule has 2 unspecified atom stereocenters. The molecule has 5 heteroatoms. The van der Waals surface area contributed by atoms with E-state index in [0.29, 0.717) is 23.7 Å². The van der Waals surface area contributed by atoms with Crippen molar-refractivity contribution in [3.8, 4) is 0 Å². The minimum absolute atomic E-state index is 0.307. The SMILES string of the molecule is COC(=O)c1cc(N2CCC(C)C(O)C2)cc(C)c1N. The van der Waals surface area contributed by atoms with Crippen LogP contribution in [0.3, 0.4) is 0 Å². The lowest BCUT2D eigenvalue weighted by atomic mass is 9.95. The highest BCUT2D eigenvalue weighted by Gasteiger charge is 2.25. The van der Waals surface area contributed by atoms with Crippen molar-refractivity contribution in [2.75, 3.05) is 30.8 Å². The molecule has 1 aromatic carbocycles. The summed E-state index contributed by atoms with van der Waals surface area (Å²) in [5.74, 6) is -0.125. The number of nitrogens with two attached hydrogens (primary N) is 1. The van der Waals surface area contributed by atoms with Crippen molar-refractivity contribution >= 4 is 17.3 Å². The summed E-state index contributed by atoms with van der Waals surface area (Å²) in [6.45, 7) is 5.36. The van der Waals surface area contributed by atoms with Gasteiger partial charge in [-0.25, -0.2) is 4.79 Å². The summed E-state index contributed by atoms with van der Waals surface area (Å²) in [4.78, 5) is 13.9. The first kappa shape index (κ1) is 14.7. The highest BCUT2D eigenvalue weighted by Crippen LogP contribution is 2.29. The van der Waals surface area contributed by atoms with Crippen LogP contribution >= 0.6 is 0 Å². The highest BCUT2D eigenvalue weighted by atomic mass is 16.5. The zero-order valence-corrected chi connectivity index (χ0v) is 12.2. The summed E-state index contributed by atoms with van der Waals surface area (Å²) < 4.78 is 4.77. The maximum atomic E-state index is 11.8. The molecular weight excluding hydrogens is 256 g/mol. The minimum Gasteiger partial charge on any atom is -0.465 e. The van der Waals surface area contributed by atoms with E-state index in [4.69, 9.17) is 10.5 Å². The van der Waals surface area contributed by atoms with Gasteiger partial charge < -0.3 is 20.5 Å². The van der Waals surface area contributed by atoms with Crippen LogP contribution in [0.5, 0.6) is 0 Å². The Bertz CT molecular complexity index is 516. The molecule has 20 heavy (non-hydrogen) atoms. The van der Waals surface area contributed by atoms with Crippen molar-refractivity contribution in [2.24, 2.45) is 5.92 Å². The lowest BCUT2D eigenvalue weighted by Crippen LogP contribution is -2.43. The number of methoxy groups -OCH3 is 1. The molecule has 2 rings (SSSR count). The second-order valence-corrected chi connectivity index (χ2v) is 5.49. The number of nitrogen functional groups attached to an aromatic ring is 1. The van der Waals surface area contributed by atoms with Gasteiger partial charge in [-0.1, -0.05) is 6.92 Å². The summed E-state index contributed by atoms with van der Waals surface area (Å²) in [5.41, 5.74) is 8.52. The number of rotatable bonds is 2. The van der Waals surface area contributed by atoms with Crippen LogP contribution in [0.1, 0.15) is 29.3 Å². The predicted octanol–water partition coefficient (Wildman–Crippen LogP) is 1.57. The molecular formula is C15H22N2O3. The molecule has 0 amide bonds. The highest BCUT2D eigenvalue weighted by molar-refractivity contribution is 5.97. The largest absolute Gasteiger partial charge is 0.465 e. The number of aliphatic hydroxyl groups is 1. The van der Waals surface area contributed by atoms with Crippen LogP contribution < -0.4 is 10.6 Å². The summed E-state index contributed by atoms with van der Waals surface area (Å²) in [6.07, 6.45) is 0.584. The number of ether oxygens (including phenoxy) is 1. The predicted molar refractivity (Wildman–Crippen MR) is 78.9 cm³/mol. The number of benzene rings is 1. The van der Waals surface area contributed by atoms with E-state index < -0.39 is 5.97 Å². The zero-order chi connectivity index (χ0) is 14.9. The summed E-state index contributed by atoms with van der Waals surface area (Å²) in [5, 5.41) is 10.00. The number of aliphatic hydroxyl groups excluding tert-OH is 1. The fraction of sp³-hybridized carbons (Fsp3) is 0.533. The van der Waals surface area contributed by atoms with Crippen LogP contribution in [0.2, 0.25) is 0 Å². The Labute approximate surface area is 119 Å². The van der Waals surface area contributed by atoms with Crippen LogP contribution in [-0.4, -0.2) is 37.4 Å². The van der Waals surface area contributed by atoms with Crippen LogP contribution in [0.15, 0.2) is 12.1 Å². The van der Waals surface area contributed by atoms with Crippen molar-refractivity contribution in [3.63, 3.8) is 0 Å². The third kappa shape index (κ3) is 2.72. The molecule has 2 atom stereocenters. The molecule has 110 valence electrons. The number of carbonyl (C=O) groups excluding carboxylic acids is 1. The summed E-state index contributed by atoms with van der Waals surface area (Å²) in [6, 6.07) is 3.70. The average Bonchev–Trinajstić information content (AvgIpc) is 2.44. The second-order valence-electron chi connectivity index (χ2n) is 5.49. The van der Waals surface area contributed by atoms with E-state index in [1.165, 1.54) is 7.11 Å². The van der Waals surface area contributed by atoms with Gasteiger partial charge in [0, 0.05) is 24.5 Å². The Balaban J connectivity index is 2.33. The molecule has 0 saturated carbocycles. The normalized spacial score (nSPS) is 22.7. The Morgan fingerprint density at radius 3 is 2.80 bits per heavy atom. The molecule has 0 spiro atoms. The topological polar surface area (TPSA) is 75.8 Å². The minimum atomic E-state index is -0.432. The number of hydrogen-bond acceptors (Lipinski definition) is 5. The van der Waals surface area contributed by atoms with E-state index in [1.54, 1.807) is 6.07 Å². The van der Waals surface area contributed by atoms with Gasteiger partial charge in [0.05, 0.1) is 18.8 Å². The molecule has 0 bridgehead atoms. The van der Waals surface area contributed by atoms with Gasteiger partial charge in [-0.05, 0) is 37.0 Å². The monoisotopic (exact) mass is 278 g/mol. The fourth-order valence-electron chi connectivity index (χ4n) is 2.52. The smallest absolute Gasteiger partial charge is 0.340 e. The van der Waals surface area contributed by atoms with Gasteiger partial charge in [-0.15, -0.1) is 0 Å². The van der Waals surface area contributed by atoms with E-state index >= 15 is 0 Å². The molecule has 1 heterocycles. The van der Waals surface area contributed by atoms with Crippen molar-refractivity contribution in [1.29, 1.82) is 0 Å². The van der Waals surface area contributed by atoms with E-state index in [0.717, 1.165) is 24.2 Å². The standard InChI is InChI=1S/C15H22N2O3/c1-9-4-5-17(8-13(9)18)11-6-10(2)14(16)12(7-11)15(19)20-3/h6-7,9,13,18H,4-5,8,16H2,1-3H3. The third-order valence-corrected chi connectivity index (χ3v) is 4.06. The number of hydrogen-bond donors (Lipinski definition) is 2. The van der Waals surface area contributed by atoms with Crippen molar-refractivity contribution < 1.29 is 14.6 Å². The van der Waals surface area contributed by atoms with Crippen molar-refractivity contribution in [1.82, 2.24) is 0 Å². The molecule has 1 aliphatic heterocycles. The molecule has 1 aromatic rings. The summed E-state index contributed by atoms with van der Waals surface area (Å²) in [7, 11) is 1.34. The van der Waals surface area contributed by atoms with Crippen molar-refractivity contribution in [2.45, 2.75) is 26.4 Å². The quantitative estimate of drug-likeness (QED) is 0.634. The zero-order valence-electron chi connectivity index (χ0n) is 12.2. The van der Waals surface area contributed by atoms with Gasteiger partial charge in [0.1, 0.15) is 0 Å². The van der Waals surface area contributed by atoms with Gasteiger partial charge >= 0.3 is 5.97 Å². The lowest BCUT2D eigenvalue weighted by Gasteiger charge is -2.36. The van der Waals surface area contributed by atoms with Gasteiger partial charge in [0.2, 0.25) is 0 Å². The van der Waals surface area contributed by atoms with Gasteiger partial charge in [-0.3, -0.25) is 0 Å². The van der Waals surface area contributed by atoms with Crippen LogP contribution in [0.4, 0.5) is 11.4 Å². The maximum absolute atomic E-state index is 11.8. The number of esters is 1. The first-order valence-electron chi connectivity index (χ1n) is 6.85. The molecule has 5 nitrogen and oxygen atoms in total. The molecule has 1 saturated heterocycles. The number of nitrogens with zero attached hydrogens (tertiary/aromatic N) is 1. The van der Waals surface area contributed by atoms with Crippen LogP contribution in [0, 0.1) is 12.8 Å². The van der Waals surface area contributed by atoms with Crippen LogP contribution in [-0.2, 0) is 4.74 Å². The fourth-order valence-corrected chi connectivity index (χ4v) is 2.52.